The van der Waals surface area contributed by atoms with Crippen molar-refractivity contribution in [1.82, 2.24) is 4.90 Å². The molecule has 0 aromatic heterocycles. The first-order valence-electron chi connectivity index (χ1n) is 7.17. The number of benzene rings is 2. The van der Waals surface area contributed by atoms with Crippen molar-refractivity contribution in [2.75, 3.05) is 14.2 Å². The number of halogens is 1. The number of carbonyl (C=O) groups excluding carboxylic acids is 4. The second-order valence-electron chi connectivity index (χ2n) is 5.03. The summed E-state index contributed by atoms with van der Waals surface area (Å²) in [5, 5.41) is -0.666. The molecule has 0 atom stereocenters. The Labute approximate surface area is 149 Å². The maximum atomic E-state index is 11.3. The van der Waals surface area contributed by atoms with Gasteiger partial charge in [0.25, 0.3) is 17.1 Å². The first-order valence-corrected chi connectivity index (χ1v) is 7.54. The van der Waals surface area contributed by atoms with Crippen molar-refractivity contribution in [3.8, 4) is 0 Å². The molecule has 2 amide bonds. The minimum Gasteiger partial charge on any atom is -0.465 e. The Morgan fingerprint density at radius 1 is 0.880 bits per heavy atom. The minimum atomic E-state index is -0.666. The molecule has 1 heterocycles. The largest absolute Gasteiger partial charge is 0.465 e. The van der Waals surface area contributed by atoms with Crippen LogP contribution in [-0.2, 0) is 4.74 Å². The molecule has 0 radical (unpaired) electrons. The highest BCUT2D eigenvalue weighted by atomic mass is 35.5. The van der Waals surface area contributed by atoms with E-state index in [2.05, 4.69) is 4.74 Å². The lowest BCUT2D eigenvalue weighted by Crippen LogP contribution is -2.24. The van der Waals surface area contributed by atoms with Crippen molar-refractivity contribution >= 4 is 34.6 Å². The fourth-order valence-corrected chi connectivity index (χ4v) is 2.42. The quantitative estimate of drug-likeness (QED) is 0.468. The molecule has 1 aliphatic rings. The standard InChI is InChI=1S/C9H7ClO3.C9H7NO2/c1-13-9(12)7-5-3-2-4-6(7)8(10)11;1-10-8(11)6-4-2-3-5-7(6)9(10)12/h2-5H,1H3;2-5H,1H3. The topological polar surface area (TPSA) is 80.8 Å². The van der Waals surface area contributed by atoms with Crippen molar-refractivity contribution in [2.45, 2.75) is 0 Å². The van der Waals surface area contributed by atoms with Gasteiger partial charge in [-0.15, -0.1) is 0 Å². The van der Waals surface area contributed by atoms with Crippen LogP contribution >= 0.6 is 11.6 Å². The third-order valence-corrected chi connectivity index (χ3v) is 3.74. The van der Waals surface area contributed by atoms with Crippen LogP contribution in [0.1, 0.15) is 41.4 Å². The molecule has 0 saturated carbocycles. The number of hydrogen-bond donors (Lipinski definition) is 0. The summed E-state index contributed by atoms with van der Waals surface area (Å²) in [5.74, 6) is -0.990. The average Bonchev–Trinajstić information content (AvgIpc) is 2.86. The van der Waals surface area contributed by atoms with Gasteiger partial charge in [0.2, 0.25) is 0 Å². The fraction of sp³-hybridized carbons (Fsp3) is 0.111. The monoisotopic (exact) mass is 359 g/mol. The van der Waals surface area contributed by atoms with E-state index in [1.54, 1.807) is 36.4 Å². The number of amides is 2. The number of hydrogen-bond acceptors (Lipinski definition) is 5. The maximum absolute atomic E-state index is 11.3. The molecule has 1 aliphatic heterocycles. The number of carbonyl (C=O) groups is 4. The van der Waals surface area contributed by atoms with Crippen molar-refractivity contribution in [3.05, 3.63) is 70.8 Å². The predicted molar refractivity (Wildman–Crippen MR) is 90.8 cm³/mol. The molecule has 2 aromatic rings. The third-order valence-electron chi connectivity index (χ3n) is 3.54. The molecular formula is C18H14ClNO5. The van der Waals surface area contributed by atoms with Gasteiger partial charge >= 0.3 is 5.97 Å². The zero-order valence-electron chi connectivity index (χ0n) is 13.5. The van der Waals surface area contributed by atoms with E-state index >= 15 is 0 Å². The zero-order valence-corrected chi connectivity index (χ0v) is 14.2. The van der Waals surface area contributed by atoms with Gasteiger partial charge in [0.15, 0.2) is 0 Å². The first-order chi connectivity index (χ1) is 11.9. The van der Waals surface area contributed by atoms with Crippen molar-refractivity contribution < 1.29 is 23.9 Å². The Hall–Kier alpha value is -2.99. The molecule has 2 aromatic carbocycles. The van der Waals surface area contributed by atoms with Crippen LogP contribution in [0, 0.1) is 0 Å². The van der Waals surface area contributed by atoms with Gasteiger partial charge in [0, 0.05) is 12.6 Å². The molecule has 0 bridgehead atoms. The Morgan fingerprint density at radius 2 is 1.32 bits per heavy atom. The average molecular weight is 360 g/mol. The van der Waals surface area contributed by atoms with Crippen molar-refractivity contribution in [3.63, 3.8) is 0 Å². The van der Waals surface area contributed by atoms with E-state index in [1.165, 1.54) is 26.3 Å². The molecule has 7 heteroatoms. The number of nitrogens with zero attached hydrogens (tertiary/aromatic N) is 1. The van der Waals surface area contributed by atoms with Crippen molar-refractivity contribution in [1.29, 1.82) is 0 Å². The van der Waals surface area contributed by atoms with E-state index in [-0.39, 0.29) is 22.9 Å². The normalized spacial score (nSPS) is 12.2. The van der Waals surface area contributed by atoms with Gasteiger partial charge in [-0.3, -0.25) is 19.3 Å². The summed E-state index contributed by atoms with van der Waals surface area (Å²) < 4.78 is 4.48. The Morgan fingerprint density at radius 3 is 1.76 bits per heavy atom. The molecule has 0 unspecified atom stereocenters. The fourth-order valence-electron chi connectivity index (χ4n) is 2.25. The van der Waals surface area contributed by atoms with E-state index in [9.17, 15) is 19.2 Å². The second kappa shape index (κ2) is 7.72. The summed E-state index contributed by atoms with van der Waals surface area (Å²) in [7, 11) is 2.74. The SMILES string of the molecule is CN1C(=O)c2ccccc2C1=O.COC(=O)c1ccccc1C(=O)Cl. The van der Waals surface area contributed by atoms with Crippen LogP contribution in [0.25, 0.3) is 0 Å². The van der Waals surface area contributed by atoms with E-state index in [0.717, 1.165) is 4.90 Å². The molecule has 0 saturated heterocycles. The van der Waals surface area contributed by atoms with E-state index in [4.69, 9.17) is 11.6 Å². The molecule has 0 aliphatic carbocycles. The zero-order chi connectivity index (χ0) is 18.6. The van der Waals surface area contributed by atoms with Crippen LogP contribution in [0.3, 0.4) is 0 Å². The van der Waals surface area contributed by atoms with E-state index in [0.29, 0.717) is 11.1 Å². The van der Waals surface area contributed by atoms with Gasteiger partial charge in [0.1, 0.15) is 0 Å². The van der Waals surface area contributed by atoms with Gasteiger partial charge < -0.3 is 4.74 Å². The lowest BCUT2D eigenvalue weighted by Gasteiger charge is -2.02. The van der Waals surface area contributed by atoms with Crippen LogP contribution in [0.15, 0.2) is 48.5 Å². The first kappa shape index (κ1) is 18.4. The molecule has 25 heavy (non-hydrogen) atoms. The highest BCUT2D eigenvalue weighted by Gasteiger charge is 2.31. The third kappa shape index (κ3) is 3.75. The second-order valence-corrected chi connectivity index (χ2v) is 5.37. The lowest BCUT2D eigenvalue weighted by atomic mass is 10.1. The predicted octanol–water partition coefficient (Wildman–Crippen LogP) is 2.76. The number of rotatable bonds is 2. The van der Waals surface area contributed by atoms with Gasteiger partial charge in [-0.1, -0.05) is 24.3 Å². The molecule has 128 valence electrons. The number of esters is 1. The number of ether oxygens (including phenoxy) is 1. The Bertz CT molecular complexity index is 827. The summed E-state index contributed by atoms with van der Waals surface area (Å²) in [6.07, 6.45) is 0. The van der Waals surface area contributed by atoms with Gasteiger partial charge in [-0.2, -0.15) is 0 Å². The number of imide groups is 1. The van der Waals surface area contributed by atoms with E-state index in [1.807, 2.05) is 0 Å². The Balaban J connectivity index is 0.000000181. The summed E-state index contributed by atoms with van der Waals surface area (Å²) in [5.41, 5.74) is 1.36. The highest BCUT2D eigenvalue weighted by Crippen LogP contribution is 2.20. The lowest BCUT2D eigenvalue weighted by molar-refractivity contribution is 0.0596. The van der Waals surface area contributed by atoms with Crippen LogP contribution in [-0.4, -0.2) is 42.1 Å². The smallest absolute Gasteiger partial charge is 0.338 e. The Kier molecular flexibility index (Phi) is 5.67. The van der Waals surface area contributed by atoms with E-state index < -0.39 is 11.2 Å². The van der Waals surface area contributed by atoms with Gasteiger partial charge in [-0.05, 0) is 35.9 Å². The van der Waals surface area contributed by atoms with Crippen LogP contribution in [0.2, 0.25) is 0 Å². The molecule has 3 rings (SSSR count). The molecule has 0 N–H and O–H groups in total. The summed E-state index contributed by atoms with van der Waals surface area (Å²) >= 11 is 5.26. The van der Waals surface area contributed by atoms with Crippen LogP contribution < -0.4 is 0 Å². The summed E-state index contributed by atoms with van der Waals surface area (Å²) in [6, 6.07) is 13.1. The number of methoxy groups -OCH3 is 1. The van der Waals surface area contributed by atoms with Crippen LogP contribution in [0.4, 0.5) is 0 Å². The summed E-state index contributed by atoms with van der Waals surface area (Å²) in [6.45, 7) is 0. The minimum absolute atomic E-state index is 0.163. The maximum Gasteiger partial charge on any atom is 0.338 e. The van der Waals surface area contributed by atoms with Gasteiger partial charge in [-0.25, -0.2) is 4.79 Å². The molecule has 0 spiro atoms. The van der Waals surface area contributed by atoms with Crippen molar-refractivity contribution in [2.24, 2.45) is 0 Å². The summed E-state index contributed by atoms with van der Waals surface area (Å²) in [4.78, 5) is 45.7. The highest BCUT2D eigenvalue weighted by molar-refractivity contribution is 6.68. The molecule has 0 fully saturated rings. The molecule has 6 nitrogen and oxygen atoms in total. The molecular weight excluding hydrogens is 346 g/mol. The van der Waals surface area contributed by atoms with Gasteiger partial charge in [0.05, 0.1) is 23.8 Å². The number of fused-ring (bicyclic) bond motifs is 1. The van der Waals surface area contributed by atoms with Crippen LogP contribution in [0.5, 0.6) is 0 Å².